The number of carbonyl (C=O) groups excluding carboxylic acids is 1. The minimum Gasteiger partial charge on any atom is -0.381 e. The third kappa shape index (κ3) is 3.56. The minimum atomic E-state index is -0.269. The highest BCUT2D eigenvalue weighted by molar-refractivity contribution is 5.76. The van der Waals surface area contributed by atoms with E-state index in [4.69, 9.17) is 5.73 Å². The molecule has 0 aliphatic heterocycles. The van der Waals surface area contributed by atoms with Crippen molar-refractivity contribution in [2.24, 2.45) is 12.8 Å². The van der Waals surface area contributed by atoms with E-state index in [9.17, 15) is 4.79 Å². The van der Waals surface area contributed by atoms with Crippen molar-refractivity contribution in [2.45, 2.75) is 25.8 Å². The second-order valence-electron chi connectivity index (χ2n) is 6.23. The van der Waals surface area contributed by atoms with E-state index in [-0.39, 0.29) is 11.8 Å². The maximum Gasteiger partial charge on any atom is 0.218 e. The van der Waals surface area contributed by atoms with E-state index in [1.54, 1.807) is 0 Å². The van der Waals surface area contributed by atoms with E-state index in [1.807, 2.05) is 49.1 Å². The molecule has 1 unspecified atom stereocenters. The number of hydrogen-bond acceptors (Lipinski definition) is 3. The molecule has 0 fully saturated rings. The van der Waals surface area contributed by atoms with Crippen molar-refractivity contribution in [1.82, 2.24) is 9.55 Å². The average molecular weight is 322 g/mol. The molecule has 1 heterocycles. The lowest BCUT2D eigenvalue weighted by Crippen LogP contribution is -2.13. The summed E-state index contributed by atoms with van der Waals surface area (Å²) in [4.78, 5) is 15.4. The molecule has 0 saturated carbocycles. The summed E-state index contributed by atoms with van der Waals surface area (Å²) in [5.41, 5.74) is 10.7. The molecule has 3 rings (SSSR count). The van der Waals surface area contributed by atoms with E-state index in [0.717, 1.165) is 28.8 Å². The number of nitrogens with zero attached hydrogens (tertiary/aromatic N) is 2. The Labute approximate surface area is 141 Å². The molecular formula is C19H22N4O. The number of aromatic nitrogens is 2. The predicted octanol–water partition coefficient (Wildman–Crippen LogP) is 3.16. The summed E-state index contributed by atoms with van der Waals surface area (Å²) in [6, 6.07) is 14.5. The van der Waals surface area contributed by atoms with Crippen molar-refractivity contribution in [1.29, 1.82) is 0 Å². The van der Waals surface area contributed by atoms with Crippen molar-refractivity contribution in [3.63, 3.8) is 0 Å². The molecule has 124 valence electrons. The number of benzene rings is 2. The molecule has 5 heteroatoms. The molecule has 0 radical (unpaired) electrons. The number of nitrogens with two attached hydrogens (primary N) is 1. The fourth-order valence-electron chi connectivity index (χ4n) is 2.84. The van der Waals surface area contributed by atoms with Crippen LogP contribution in [0.3, 0.4) is 0 Å². The maximum absolute atomic E-state index is 11.0. The number of rotatable bonds is 6. The van der Waals surface area contributed by atoms with Crippen LogP contribution in [0.5, 0.6) is 0 Å². The zero-order valence-corrected chi connectivity index (χ0v) is 14.0. The first-order valence-corrected chi connectivity index (χ1v) is 8.05. The molecule has 3 N–H and O–H groups in total. The molecule has 0 spiro atoms. The second-order valence-corrected chi connectivity index (χ2v) is 6.23. The van der Waals surface area contributed by atoms with Gasteiger partial charge in [0.2, 0.25) is 5.91 Å². The predicted molar refractivity (Wildman–Crippen MR) is 96.7 cm³/mol. The number of carbonyl (C=O) groups is 1. The lowest BCUT2D eigenvalue weighted by Gasteiger charge is -2.12. The Bertz CT molecular complexity index is 851. The molecule has 2 aromatic carbocycles. The minimum absolute atomic E-state index is 0.142. The first-order valence-electron chi connectivity index (χ1n) is 8.05. The molecule has 1 atom stereocenters. The summed E-state index contributed by atoms with van der Waals surface area (Å²) in [5.74, 6) is -0.127. The Morgan fingerprint density at radius 1 is 1.25 bits per heavy atom. The summed E-state index contributed by atoms with van der Waals surface area (Å²) in [6.07, 6.45) is 2.20. The largest absolute Gasteiger partial charge is 0.381 e. The van der Waals surface area contributed by atoms with Crippen molar-refractivity contribution in [3.8, 4) is 0 Å². The van der Waals surface area contributed by atoms with Crippen LogP contribution in [0.15, 0.2) is 48.8 Å². The second kappa shape index (κ2) is 6.74. The van der Waals surface area contributed by atoms with Gasteiger partial charge >= 0.3 is 0 Å². The van der Waals surface area contributed by atoms with Gasteiger partial charge in [-0.2, -0.15) is 0 Å². The summed E-state index contributed by atoms with van der Waals surface area (Å²) in [5, 5.41) is 3.41. The number of primary amides is 1. The number of anilines is 1. The van der Waals surface area contributed by atoms with E-state index < -0.39 is 0 Å². The Balaban J connectivity index is 1.64. The SMILES string of the molecule is CC(CC(N)=O)c1ccc(NCc2ccc3c(c2)ncn3C)cc1. The average Bonchev–Trinajstić information content (AvgIpc) is 2.93. The zero-order chi connectivity index (χ0) is 17.1. The molecule has 0 bridgehead atoms. The quantitative estimate of drug-likeness (QED) is 0.732. The van der Waals surface area contributed by atoms with Gasteiger partial charge in [-0.1, -0.05) is 25.1 Å². The first kappa shape index (κ1) is 16.1. The van der Waals surface area contributed by atoms with Gasteiger partial charge < -0.3 is 15.6 Å². The van der Waals surface area contributed by atoms with Gasteiger partial charge in [0.25, 0.3) is 0 Å². The van der Waals surface area contributed by atoms with Crippen LogP contribution in [0.25, 0.3) is 11.0 Å². The fourth-order valence-corrected chi connectivity index (χ4v) is 2.84. The summed E-state index contributed by atoms with van der Waals surface area (Å²) in [6.45, 7) is 2.75. The monoisotopic (exact) mass is 322 g/mol. The number of aryl methyl sites for hydroxylation is 1. The zero-order valence-electron chi connectivity index (χ0n) is 14.0. The van der Waals surface area contributed by atoms with Crippen molar-refractivity contribution >= 4 is 22.6 Å². The standard InChI is InChI=1S/C19H22N4O/c1-13(9-19(20)24)15-4-6-16(7-5-15)21-11-14-3-8-18-17(10-14)22-12-23(18)2/h3-8,10,12-13,21H,9,11H2,1-2H3,(H2,20,24). The highest BCUT2D eigenvalue weighted by atomic mass is 16.1. The van der Waals surface area contributed by atoms with Crippen LogP contribution in [0.1, 0.15) is 30.4 Å². The normalized spacial score (nSPS) is 12.2. The number of fused-ring (bicyclic) bond motifs is 1. The highest BCUT2D eigenvalue weighted by Crippen LogP contribution is 2.21. The van der Waals surface area contributed by atoms with Crippen LogP contribution in [0.2, 0.25) is 0 Å². The van der Waals surface area contributed by atoms with E-state index in [2.05, 4.69) is 28.5 Å². The van der Waals surface area contributed by atoms with Crippen LogP contribution < -0.4 is 11.1 Å². The van der Waals surface area contributed by atoms with Crippen LogP contribution in [0.4, 0.5) is 5.69 Å². The Hall–Kier alpha value is -2.82. The van der Waals surface area contributed by atoms with E-state index in [1.165, 1.54) is 5.56 Å². The molecule has 5 nitrogen and oxygen atoms in total. The Morgan fingerprint density at radius 2 is 2.00 bits per heavy atom. The molecule has 0 saturated heterocycles. The summed E-state index contributed by atoms with van der Waals surface area (Å²) >= 11 is 0. The Kier molecular flexibility index (Phi) is 4.51. The number of amides is 1. The maximum atomic E-state index is 11.0. The first-order chi connectivity index (χ1) is 11.5. The van der Waals surface area contributed by atoms with Gasteiger partial charge in [-0.3, -0.25) is 4.79 Å². The van der Waals surface area contributed by atoms with Gasteiger partial charge in [0.1, 0.15) is 0 Å². The van der Waals surface area contributed by atoms with Crippen LogP contribution in [-0.4, -0.2) is 15.5 Å². The highest BCUT2D eigenvalue weighted by Gasteiger charge is 2.08. The molecule has 0 aliphatic rings. The number of nitrogens with one attached hydrogen (secondary N) is 1. The lowest BCUT2D eigenvalue weighted by atomic mass is 9.97. The smallest absolute Gasteiger partial charge is 0.218 e. The summed E-state index contributed by atoms with van der Waals surface area (Å²) < 4.78 is 2.01. The molecular weight excluding hydrogens is 300 g/mol. The van der Waals surface area contributed by atoms with Crippen molar-refractivity contribution in [2.75, 3.05) is 5.32 Å². The van der Waals surface area contributed by atoms with Gasteiger partial charge in [-0.25, -0.2) is 4.98 Å². The van der Waals surface area contributed by atoms with Crippen LogP contribution in [-0.2, 0) is 18.4 Å². The fraction of sp³-hybridized carbons (Fsp3) is 0.263. The topological polar surface area (TPSA) is 72.9 Å². The molecule has 24 heavy (non-hydrogen) atoms. The van der Waals surface area contributed by atoms with Gasteiger partial charge in [-0.15, -0.1) is 0 Å². The van der Waals surface area contributed by atoms with E-state index >= 15 is 0 Å². The number of imidazole rings is 1. The molecule has 3 aromatic rings. The van der Waals surface area contributed by atoms with Gasteiger partial charge in [0.15, 0.2) is 0 Å². The molecule has 1 amide bonds. The van der Waals surface area contributed by atoms with Gasteiger partial charge in [0.05, 0.1) is 17.4 Å². The van der Waals surface area contributed by atoms with Crippen LogP contribution >= 0.6 is 0 Å². The number of hydrogen-bond donors (Lipinski definition) is 2. The van der Waals surface area contributed by atoms with Crippen molar-refractivity contribution in [3.05, 3.63) is 59.9 Å². The third-order valence-electron chi connectivity index (χ3n) is 4.27. The van der Waals surface area contributed by atoms with Gasteiger partial charge in [0, 0.05) is 25.7 Å². The molecule has 0 aliphatic carbocycles. The molecule has 1 aromatic heterocycles. The van der Waals surface area contributed by atoms with Gasteiger partial charge in [-0.05, 0) is 41.3 Å². The van der Waals surface area contributed by atoms with Crippen molar-refractivity contribution < 1.29 is 4.79 Å². The summed E-state index contributed by atoms with van der Waals surface area (Å²) in [7, 11) is 1.99. The van der Waals surface area contributed by atoms with E-state index in [0.29, 0.717) is 6.42 Å². The van der Waals surface area contributed by atoms with Crippen LogP contribution in [0, 0.1) is 0 Å². The lowest BCUT2D eigenvalue weighted by molar-refractivity contribution is -0.118. The Morgan fingerprint density at radius 3 is 2.71 bits per heavy atom. The third-order valence-corrected chi connectivity index (χ3v) is 4.27.